The number of rotatable bonds is 9. The van der Waals surface area contributed by atoms with Gasteiger partial charge >= 0.3 is 5.97 Å². The molecule has 0 aliphatic carbocycles. The summed E-state index contributed by atoms with van der Waals surface area (Å²) in [6, 6.07) is 18.8. The lowest BCUT2D eigenvalue weighted by molar-refractivity contribution is -0.147. The molecule has 0 saturated carbocycles. The molecule has 9 heteroatoms. The standard InChI is InChI=1S/C30H26N4O5/c1-4-15-39-25-12-10-22(11-13-25)28-23(19-34(32-28)24-8-6-5-7-9-24)17-26-20(2)27(18-31)30(37)33(29(26)36)14-16-38-21(3)35/h4-13,17,19H,1,14-16H2,2-3H3/b26-17+. The van der Waals surface area contributed by atoms with E-state index in [1.165, 1.54) is 6.92 Å². The first-order valence-electron chi connectivity index (χ1n) is 12.2. The second-order valence-corrected chi connectivity index (χ2v) is 8.61. The van der Waals surface area contributed by atoms with Crippen molar-refractivity contribution < 1.29 is 23.9 Å². The zero-order valence-corrected chi connectivity index (χ0v) is 21.6. The van der Waals surface area contributed by atoms with Gasteiger partial charge in [-0.1, -0.05) is 30.9 Å². The Morgan fingerprint density at radius 1 is 1.10 bits per heavy atom. The SMILES string of the molecule is C=CCOc1ccc(-c2nn(-c3ccccc3)cc2/C=C2/C(=O)N(CCOC(C)=O)C(=O)C(C#N)=C2C)cc1. The Hall–Kier alpha value is -5.23. The summed E-state index contributed by atoms with van der Waals surface area (Å²) in [6.45, 7) is 6.49. The highest BCUT2D eigenvalue weighted by Gasteiger charge is 2.35. The molecule has 1 aromatic heterocycles. The number of hydrogen-bond donors (Lipinski definition) is 0. The van der Waals surface area contributed by atoms with E-state index in [0.29, 0.717) is 23.6 Å². The molecule has 0 unspecified atom stereocenters. The lowest BCUT2D eigenvalue weighted by atomic mass is 9.93. The molecule has 4 rings (SSSR count). The number of para-hydroxylation sites is 1. The summed E-state index contributed by atoms with van der Waals surface area (Å²) in [4.78, 5) is 38.4. The quantitative estimate of drug-likeness (QED) is 0.179. The topological polar surface area (TPSA) is 115 Å². The normalized spacial score (nSPS) is 14.4. The number of esters is 1. The Kier molecular flexibility index (Phi) is 8.17. The van der Waals surface area contributed by atoms with Gasteiger partial charge in [-0.15, -0.1) is 0 Å². The number of ether oxygens (including phenoxy) is 2. The van der Waals surface area contributed by atoms with Crippen LogP contribution in [0.25, 0.3) is 23.0 Å². The first-order valence-corrected chi connectivity index (χ1v) is 12.2. The van der Waals surface area contributed by atoms with Crippen LogP contribution in [0.15, 0.2) is 90.2 Å². The predicted octanol–water partition coefficient (Wildman–Crippen LogP) is 4.26. The molecule has 0 radical (unpaired) electrons. The molecule has 9 nitrogen and oxygen atoms in total. The number of hydrogen-bond acceptors (Lipinski definition) is 7. The summed E-state index contributed by atoms with van der Waals surface area (Å²) < 4.78 is 12.2. The van der Waals surface area contributed by atoms with Crippen LogP contribution in [0, 0.1) is 11.3 Å². The third kappa shape index (κ3) is 5.86. The molecule has 2 amide bonds. The van der Waals surface area contributed by atoms with E-state index in [2.05, 4.69) is 6.58 Å². The minimum atomic E-state index is -0.723. The highest BCUT2D eigenvalue weighted by atomic mass is 16.5. The van der Waals surface area contributed by atoms with E-state index in [-0.39, 0.29) is 29.9 Å². The highest BCUT2D eigenvalue weighted by Crippen LogP contribution is 2.31. The molecule has 0 N–H and O–H groups in total. The van der Waals surface area contributed by atoms with Gasteiger partial charge in [0.05, 0.1) is 17.9 Å². The van der Waals surface area contributed by atoms with Crippen molar-refractivity contribution in [1.29, 1.82) is 5.26 Å². The average Bonchev–Trinajstić information content (AvgIpc) is 3.36. The number of nitriles is 1. The second-order valence-electron chi connectivity index (χ2n) is 8.61. The van der Waals surface area contributed by atoms with E-state index in [9.17, 15) is 19.6 Å². The van der Waals surface area contributed by atoms with Crippen molar-refractivity contribution in [2.75, 3.05) is 19.8 Å². The smallest absolute Gasteiger partial charge is 0.302 e. The lowest BCUT2D eigenvalue weighted by Crippen LogP contribution is -2.44. The monoisotopic (exact) mass is 522 g/mol. The fraction of sp³-hybridized carbons (Fsp3) is 0.167. The fourth-order valence-electron chi connectivity index (χ4n) is 4.06. The second kappa shape index (κ2) is 11.9. The molecule has 2 aromatic carbocycles. The molecule has 1 aliphatic heterocycles. The van der Waals surface area contributed by atoms with E-state index in [1.54, 1.807) is 30.0 Å². The molecular formula is C30H26N4O5. The Labute approximate surface area is 225 Å². The van der Waals surface area contributed by atoms with Crippen LogP contribution < -0.4 is 4.74 Å². The predicted molar refractivity (Wildman–Crippen MR) is 144 cm³/mol. The molecule has 0 bridgehead atoms. The van der Waals surface area contributed by atoms with Crippen LogP contribution in [-0.4, -0.2) is 52.2 Å². The molecule has 196 valence electrons. The summed E-state index contributed by atoms with van der Waals surface area (Å²) >= 11 is 0. The first-order chi connectivity index (χ1) is 18.8. The minimum Gasteiger partial charge on any atom is -0.490 e. The van der Waals surface area contributed by atoms with Crippen LogP contribution in [0.3, 0.4) is 0 Å². The lowest BCUT2D eigenvalue weighted by Gasteiger charge is -2.27. The first kappa shape index (κ1) is 26.8. The molecule has 0 fully saturated rings. The van der Waals surface area contributed by atoms with Crippen molar-refractivity contribution in [3.63, 3.8) is 0 Å². The van der Waals surface area contributed by atoms with Gasteiger partial charge in [-0.3, -0.25) is 19.3 Å². The van der Waals surface area contributed by atoms with Gasteiger partial charge in [0.25, 0.3) is 11.8 Å². The average molecular weight is 523 g/mol. The number of carbonyl (C=O) groups is 3. The van der Waals surface area contributed by atoms with Crippen LogP contribution in [-0.2, 0) is 19.1 Å². The van der Waals surface area contributed by atoms with Gasteiger partial charge in [0.2, 0.25) is 0 Å². The van der Waals surface area contributed by atoms with Gasteiger partial charge in [0, 0.05) is 29.8 Å². The molecule has 3 aromatic rings. The molecular weight excluding hydrogens is 496 g/mol. The number of carbonyl (C=O) groups excluding carboxylic acids is 3. The Bertz CT molecular complexity index is 1530. The minimum absolute atomic E-state index is 0.149. The number of nitrogens with zero attached hydrogens (tertiary/aromatic N) is 4. The van der Waals surface area contributed by atoms with Crippen molar-refractivity contribution in [3.05, 3.63) is 95.7 Å². The van der Waals surface area contributed by atoms with Crippen molar-refractivity contribution >= 4 is 23.9 Å². The summed E-state index contributed by atoms with van der Waals surface area (Å²) in [5.41, 5.74) is 3.07. The van der Waals surface area contributed by atoms with Gasteiger partial charge in [-0.2, -0.15) is 10.4 Å². The number of benzene rings is 2. The summed E-state index contributed by atoms with van der Waals surface area (Å²) in [7, 11) is 0. The maximum atomic E-state index is 13.5. The Morgan fingerprint density at radius 3 is 2.46 bits per heavy atom. The zero-order valence-electron chi connectivity index (χ0n) is 21.6. The molecule has 39 heavy (non-hydrogen) atoms. The van der Waals surface area contributed by atoms with E-state index in [1.807, 2.05) is 60.7 Å². The van der Waals surface area contributed by atoms with Crippen LogP contribution in [0.2, 0.25) is 0 Å². The van der Waals surface area contributed by atoms with E-state index in [4.69, 9.17) is 14.6 Å². The maximum Gasteiger partial charge on any atom is 0.302 e. The van der Waals surface area contributed by atoms with Gasteiger partial charge in [0.1, 0.15) is 30.6 Å². The van der Waals surface area contributed by atoms with Gasteiger partial charge < -0.3 is 9.47 Å². The summed E-state index contributed by atoms with van der Waals surface area (Å²) in [5.74, 6) is -1.17. The van der Waals surface area contributed by atoms with Gasteiger partial charge in [-0.05, 0) is 55.0 Å². The van der Waals surface area contributed by atoms with Gasteiger partial charge in [-0.25, -0.2) is 4.68 Å². The molecule has 0 spiro atoms. The van der Waals surface area contributed by atoms with Crippen molar-refractivity contribution in [3.8, 4) is 28.8 Å². The zero-order chi connectivity index (χ0) is 27.9. The molecule has 2 heterocycles. The van der Waals surface area contributed by atoms with Gasteiger partial charge in [0.15, 0.2) is 0 Å². The van der Waals surface area contributed by atoms with Crippen LogP contribution in [0.4, 0.5) is 0 Å². The Balaban J connectivity index is 1.81. The number of imide groups is 1. The van der Waals surface area contributed by atoms with E-state index < -0.39 is 17.8 Å². The largest absolute Gasteiger partial charge is 0.490 e. The van der Waals surface area contributed by atoms with Crippen molar-refractivity contribution in [2.45, 2.75) is 13.8 Å². The number of aromatic nitrogens is 2. The summed E-state index contributed by atoms with van der Waals surface area (Å²) in [6.07, 6.45) is 5.07. The van der Waals surface area contributed by atoms with E-state index >= 15 is 0 Å². The maximum absolute atomic E-state index is 13.5. The number of amides is 2. The summed E-state index contributed by atoms with van der Waals surface area (Å²) in [5, 5.41) is 14.5. The van der Waals surface area contributed by atoms with Crippen molar-refractivity contribution in [1.82, 2.24) is 14.7 Å². The van der Waals surface area contributed by atoms with Crippen LogP contribution in [0.5, 0.6) is 5.75 Å². The fourth-order valence-corrected chi connectivity index (χ4v) is 4.06. The van der Waals surface area contributed by atoms with Crippen molar-refractivity contribution in [2.24, 2.45) is 0 Å². The van der Waals surface area contributed by atoms with E-state index in [0.717, 1.165) is 16.2 Å². The molecule has 0 saturated heterocycles. The molecule has 1 aliphatic rings. The van der Waals surface area contributed by atoms with Crippen LogP contribution >= 0.6 is 0 Å². The third-order valence-corrected chi connectivity index (χ3v) is 6.00. The Morgan fingerprint density at radius 2 is 1.82 bits per heavy atom. The van der Waals surface area contributed by atoms with Crippen LogP contribution in [0.1, 0.15) is 19.4 Å². The molecule has 0 atom stereocenters. The highest BCUT2D eigenvalue weighted by molar-refractivity contribution is 6.19. The third-order valence-electron chi connectivity index (χ3n) is 6.00.